The zero-order valence-electron chi connectivity index (χ0n) is 8.79. The first kappa shape index (κ1) is 11.5. The maximum atomic E-state index is 11.1. The third-order valence-corrected chi connectivity index (χ3v) is 2.73. The van der Waals surface area contributed by atoms with Crippen molar-refractivity contribution >= 4 is 5.97 Å². The summed E-state index contributed by atoms with van der Waals surface area (Å²) in [7, 11) is 1.98. The van der Waals surface area contributed by atoms with Gasteiger partial charge in [-0.2, -0.15) is 0 Å². The molecule has 0 aromatic carbocycles. The summed E-state index contributed by atoms with van der Waals surface area (Å²) < 4.78 is 5.28. The molecular formula is C10H20N2O2. The number of carbonyl (C=O) groups excluding carboxylic acids is 1. The molecule has 1 fully saturated rings. The van der Waals surface area contributed by atoms with Crippen LogP contribution in [-0.2, 0) is 9.53 Å². The van der Waals surface area contributed by atoms with Gasteiger partial charge in [-0.3, -0.25) is 4.79 Å². The number of carbonyl (C=O) groups is 1. The normalized spacial score (nSPS) is 27.3. The van der Waals surface area contributed by atoms with Crippen molar-refractivity contribution in [2.75, 3.05) is 13.6 Å². The molecule has 14 heavy (non-hydrogen) atoms. The number of esters is 1. The van der Waals surface area contributed by atoms with Crippen LogP contribution in [0.4, 0.5) is 0 Å². The number of nitrogens with two attached hydrogens (primary N) is 1. The SMILES string of the molecule is CNC1CCC(OC(=O)CCN)CC1. The molecule has 0 aromatic rings. The highest BCUT2D eigenvalue weighted by molar-refractivity contribution is 5.69. The fourth-order valence-electron chi connectivity index (χ4n) is 1.83. The van der Waals surface area contributed by atoms with Gasteiger partial charge in [0.1, 0.15) is 6.10 Å². The van der Waals surface area contributed by atoms with Gasteiger partial charge in [0.05, 0.1) is 6.42 Å². The van der Waals surface area contributed by atoms with Gasteiger partial charge in [0.25, 0.3) is 0 Å². The number of hydrogen-bond acceptors (Lipinski definition) is 4. The van der Waals surface area contributed by atoms with Gasteiger partial charge in [0.15, 0.2) is 0 Å². The van der Waals surface area contributed by atoms with Crippen LogP contribution in [0.5, 0.6) is 0 Å². The molecule has 4 heteroatoms. The number of ether oxygens (including phenoxy) is 1. The van der Waals surface area contributed by atoms with Gasteiger partial charge in [-0.15, -0.1) is 0 Å². The average molecular weight is 200 g/mol. The first-order valence-corrected chi connectivity index (χ1v) is 5.33. The van der Waals surface area contributed by atoms with Crippen molar-refractivity contribution in [3.05, 3.63) is 0 Å². The Hall–Kier alpha value is -0.610. The van der Waals surface area contributed by atoms with Crippen LogP contribution in [0.1, 0.15) is 32.1 Å². The lowest BCUT2D eigenvalue weighted by atomic mass is 9.93. The standard InChI is InChI=1S/C10H20N2O2/c1-12-8-2-4-9(5-3-8)14-10(13)6-7-11/h8-9,12H,2-7,11H2,1H3. The zero-order chi connectivity index (χ0) is 10.4. The van der Waals surface area contributed by atoms with Crippen LogP contribution < -0.4 is 11.1 Å². The minimum atomic E-state index is -0.152. The van der Waals surface area contributed by atoms with Crippen molar-refractivity contribution in [2.45, 2.75) is 44.2 Å². The van der Waals surface area contributed by atoms with Crippen LogP contribution in [0.25, 0.3) is 0 Å². The largest absolute Gasteiger partial charge is 0.462 e. The Morgan fingerprint density at radius 3 is 2.57 bits per heavy atom. The molecule has 0 heterocycles. The van der Waals surface area contributed by atoms with Crippen molar-refractivity contribution in [1.29, 1.82) is 0 Å². The summed E-state index contributed by atoms with van der Waals surface area (Å²) in [5.74, 6) is -0.152. The number of hydrogen-bond donors (Lipinski definition) is 2. The van der Waals surface area contributed by atoms with Gasteiger partial charge >= 0.3 is 5.97 Å². The Balaban J connectivity index is 2.18. The van der Waals surface area contributed by atoms with E-state index in [1.165, 1.54) is 0 Å². The maximum absolute atomic E-state index is 11.1. The second-order valence-electron chi connectivity index (χ2n) is 3.79. The maximum Gasteiger partial charge on any atom is 0.307 e. The van der Waals surface area contributed by atoms with E-state index in [9.17, 15) is 4.79 Å². The Labute approximate surface area is 85.2 Å². The number of rotatable bonds is 4. The molecule has 0 unspecified atom stereocenters. The predicted molar refractivity (Wildman–Crippen MR) is 54.9 cm³/mol. The summed E-state index contributed by atoms with van der Waals surface area (Å²) >= 11 is 0. The average Bonchev–Trinajstić information content (AvgIpc) is 2.19. The lowest BCUT2D eigenvalue weighted by molar-refractivity contribution is -0.150. The molecule has 4 nitrogen and oxygen atoms in total. The topological polar surface area (TPSA) is 64.3 Å². The molecule has 0 aromatic heterocycles. The molecule has 0 spiro atoms. The fraction of sp³-hybridized carbons (Fsp3) is 0.900. The Bertz CT molecular complexity index is 177. The van der Waals surface area contributed by atoms with Gasteiger partial charge in [-0.05, 0) is 32.7 Å². The second kappa shape index (κ2) is 5.98. The molecule has 0 atom stereocenters. The summed E-state index contributed by atoms with van der Waals surface area (Å²) in [6, 6.07) is 0.597. The van der Waals surface area contributed by atoms with Crippen LogP contribution >= 0.6 is 0 Å². The van der Waals surface area contributed by atoms with Crippen molar-refractivity contribution in [3.8, 4) is 0 Å². The minimum absolute atomic E-state index is 0.124. The fourth-order valence-corrected chi connectivity index (χ4v) is 1.83. The van der Waals surface area contributed by atoms with Gasteiger partial charge in [-0.25, -0.2) is 0 Å². The lowest BCUT2D eigenvalue weighted by Crippen LogP contribution is -2.34. The van der Waals surface area contributed by atoms with E-state index in [4.69, 9.17) is 10.5 Å². The molecule has 1 aliphatic rings. The van der Waals surface area contributed by atoms with E-state index in [1.807, 2.05) is 7.05 Å². The molecule has 0 saturated heterocycles. The molecule has 1 rings (SSSR count). The van der Waals surface area contributed by atoms with Crippen LogP contribution in [0.2, 0.25) is 0 Å². The quantitative estimate of drug-likeness (QED) is 0.645. The van der Waals surface area contributed by atoms with Crippen molar-refractivity contribution < 1.29 is 9.53 Å². The molecule has 0 bridgehead atoms. The monoisotopic (exact) mass is 200 g/mol. The van der Waals surface area contributed by atoms with E-state index in [2.05, 4.69) is 5.32 Å². The summed E-state index contributed by atoms with van der Waals surface area (Å²) in [6.45, 7) is 0.380. The van der Waals surface area contributed by atoms with Gasteiger partial charge in [-0.1, -0.05) is 0 Å². The first-order chi connectivity index (χ1) is 6.76. The van der Waals surface area contributed by atoms with Gasteiger partial charge in [0.2, 0.25) is 0 Å². The summed E-state index contributed by atoms with van der Waals surface area (Å²) in [5, 5.41) is 3.24. The second-order valence-corrected chi connectivity index (χ2v) is 3.79. The predicted octanol–water partition coefficient (Wildman–Crippen LogP) is 0.409. The van der Waals surface area contributed by atoms with Crippen molar-refractivity contribution in [1.82, 2.24) is 5.32 Å². The van der Waals surface area contributed by atoms with E-state index in [1.54, 1.807) is 0 Å². The van der Waals surface area contributed by atoms with E-state index < -0.39 is 0 Å². The smallest absolute Gasteiger partial charge is 0.307 e. The van der Waals surface area contributed by atoms with E-state index in [-0.39, 0.29) is 12.1 Å². The van der Waals surface area contributed by atoms with E-state index in [0.717, 1.165) is 25.7 Å². The summed E-state index contributed by atoms with van der Waals surface area (Å²) in [6.07, 6.45) is 4.60. The minimum Gasteiger partial charge on any atom is -0.462 e. The van der Waals surface area contributed by atoms with Gasteiger partial charge in [0, 0.05) is 12.6 Å². The molecule has 1 aliphatic carbocycles. The summed E-state index contributed by atoms with van der Waals surface area (Å²) in [5.41, 5.74) is 5.27. The third-order valence-electron chi connectivity index (χ3n) is 2.73. The molecule has 0 amide bonds. The molecular weight excluding hydrogens is 180 g/mol. The zero-order valence-corrected chi connectivity index (χ0v) is 8.79. The van der Waals surface area contributed by atoms with E-state index in [0.29, 0.717) is 19.0 Å². The third kappa shape index (κ3) is 3.64. The highest BCUT2D eigenvalue weighted by atomic mass is 16.5. The molecule has 3 N–H and O–H groups in total. The highest BCUT2D eigenvalue weighted by Crippen LogP contribution is 2.21. The van der Waals surface area contributed by atoms with Crippen molar-refractivity contribution in [3.63, 3.8) is 0 Å². The van der Waals surface area contributed by atoms with Crippen LogP contribution in [0.15, 0.2) is 0 Å². The lowest BCUT2D eigenvalue weighted by Gasteiger charge is -2.27. The Kier molecular flexibility index (Phi) is 4.90. The van der Waals surface area contributed by atoms with Crippen LogP contribution in [0.3, 0.4) is 0 Å². The van der Waals surface area contributed by atoms with Gasteiger partial charge < -0.3 is 15.8 Å². The molecule has 0 radical (unpaired) electrons. The van der Waals surface area contributed by atoms with Crippen LogP contribution in [-0.4, -0.2) is 31.7 Å². The van der Waals surface area contributed by atoms with Crippen molar-refractivity contribution in [2.24, 2.45) is 5.73 Å². The molecule has 1 saturated carbocycles. The molecule has 82 valence electrons. The summed E-state index contributed by atoms with van der Waals surface area (Å²) in [4.78, 5) is 11.1. The van der Waals surface area contributed by atoms with Crippen LogP contribution in [0, 0.1) is 0 Å². The Morgan fingerprint density at radius 1 is 1.43 bits per heavy atom. The molecule has 0 aliphatic heterocycles. The number of nitrogens with one attached hydrogen (secondary N) is 1. The first-order valence-electron chi connectivity index (χ1n) is 5.33. The van der Waals surface area contributed by atoms with E-state index >= 15 is 0 Å². The Morgan fingerprint density at radius 2 is 2.07 bits per heavy atom. The highest BCUT2D eigenvalue weighted by Gasteiger charge is 2.22.